The number of rotatable bonds is 5. The lowest BCUT2D eigenvalue weighted by atomic mass is 9.64. The molecule has 8 nitrogen and oxygen atoms in total. The number of halogens is 2. The van der Waals surface area contributed by atoms with Crippen LogP contribution in [0.4, 0.5) is 19.5 Å². The van der Waals surface area contributed by atoms with Crippen LogP contribution < -0.4 is 4.90 Å². The molecule has 1 saturated carbocycles. The number of anilines is 1. The largest absolute Gasteiger partial charge is 0.465 e. The predicted octanol–water partition coefficient (Wildman–Crippen LogP) is 3.23. The SMILES string of the molecule is N#Cc1ccn(-c2cnc(N(CC3(c4ncccc4F)CC(F)C3)C(=O)O)nc2)c1. The van der Waals surface area contributed by atoms with Crippen molar-refractivity contribution in [3.63, 3.8) is 0 Å². The summed E-state index contributed by atoms with van der Waals surface area (Å²) >= 11 is 0. The van der Waals surface area contributed by atoms with Crippen molar-refractivity contribution in [3.05, 3.63) is 66.3 Å². The summed E-state index contributed by atoms with van der Waals surface area (Å²) in [5.41, 5.74) is -0.0640. The third-order valence-electron chi connectivity index (χ3n) is 5.16. The summed E-state index contributed by atoms with van der Waals surface area (Å²) in [5, 5.41) is 18.6. The van der Waals surface area contributed by atoms with Gasteiger partial charge in [-0.2, -0.15) is 5.26 Å². The van der Waals surface area contributed by atoms with Crippen LogP contribution >= 0.6 is 0 Å². The van der Waals surface area contributed by atoms with Crippen molar-refractivity contribution in [1.29, 1.82) is 5.26 Å². The van der Waals surface area contributed by atoms with Gasteiger partial charge in [0.15, 0.2) is 0 Å². The van der Waals surface area contributed by atoms with E-state index in [1.807, 2.05) is 6.07 Å². The van der Waals surface area contributed by atoms with Gasteiger partial charge in [0, 0.05) is 30.6 Å². The highest BCUT2D eigenvalue weighted by Crippen LogP contribution is 2.46. The Labute approximate surface area is 170 Å². The van der Waals surface area contributed by atoms with Crippen LogP contribution in [0.2, 0.25) is 0 Å². The van der Waals surface area contributed by atoms with Crippen molar-refractivity contribution in [2.75, 3.05) is 11.4 Å². The van der Waals surface area contributed by atoms with Crippen molar-refractivity contribution in [2.24, 2.45) is 0 Å². The van der Waals surface area contributed by atoms with Crippen LogP contribution in [0.15, 0.2) is 49.2 Å². The quantitative estimate of drug-likeness (QED) is 0.692. The maximum Gasteiger partial charge on any atom is 0.414 e. The van der Waals surface area contributed by atoms with Gasteiger partial charge in [-0.25, -0.2) is 28.4 Å². The van der Waals surface area contributed by atoms with Gasteiger partial charge in [-0.1, -0.05) is 0 Å². The Morgan fingerprint density at radius 3 is 2.63 bits per heavy atom. The Morgan fingerprint density at radius 1 is 1.33 bits per heavy atom. The molecular formula is C20H16F2N6O2. The molecule has 0 aliphatic heterocycles. The van der Waals surface area contributed by atoms with Crippen LogP contribution in [0, 0.1) is 17.1 Å². The lowest BCUT2D eigenvalue weighted by Crippen LogP contribution is -2.53. The minimum absolute atomic E-state index is 0.0386. The van der Waals surface area contributed by atoms with Gasteiger partial charge in [0.05, 0.1) is 29.3 Å². The summed E-state index contributed by atoms with van der Waals surface area (Å²) in [7, 11) is 0. The van der Waals surface area contributed by atoms with Crippen LogP contribution in [0.1, 0.15) is 24.1 Å². The molecule has 0 bridgehead atoms. The molecule has 30 heavy (non-hydrogen) atoms. The number of alkyl halides is 1. The first-order valence-corrected chi connectivity index (χ1v) is 9.08. The van der Waals surface area contributed by atoms with Gasteiger partial charge in [-0.05, 0) is 31.0 Å². The number of carbonyl (C=O) groups is 1. The zero-order valence-electron chi connectivity index (χ0n) is 15.6. The van der Waals surface area contributed by atoms with Gasteiger partial charge in [0.2, 0.25) is 5.95 Å². The van der Waals surface area contributed by atoms with E-state index in [9.17, 15) is 18.7 Å². The van der Waals surface area contributed by atoms with E-state index in [2.05, 4.69) is 15.0 Å². The molecule has 1 amide bonds. The standard InChI is InChI=1S/C20H16F2N6O2/c21-14-6-20(7-14,17-16(22)2-1-4-24-17)12-28(19(29)30)18-25-9-15(10-26-18)27-5-3-13(8-23)11-27/h1-5,9-11,14H,6-7,12H2,(H,29,30). The normalized spacial score (nSPS) is 20.2. The second kappa shape index (κ2) is 7.51. The summed E-state index contributed by atoms with van der Waals surface area (Å²) in [6, 6.07) is 6.27. The molecule has 0 atom stereocenters. The summed E-state index contributed by atoms with van der Waals surface area (Å²) in [6.45, 7) is -0.224. The molecule has 3 heterocycles. The van der Waals surface area contributed by atoms with Crippen molar-refractivity contribution in [3.8, 4) is 11.8 Å². The molecule has 1 fully saturated rings. The van der Waals surface area contributed by atoms with Gasteiger partial charge >= 0.3 is 6.09 Å². The smallest absolute Gasteiger partial charge is 0.414 e. The fourth-order valence-corrected chi connectivity index (χ4v) is 3.70. The fraction of sp³-hybridized carbons (Fsp3) is 0.250. The zero-order valence-corrected chi connectivity index (χ0v) is 15.6. The Hall–Kier alpha value is -3.87. The number of hydrogen-bond acceptors (Lipinski definition) is 5. The van der Waals surface area contributed by atoms with E-state index in [-0.39, 0.29) is 31.0 Å². The number of nitrogens with zero attached hydrogens (tertiary/aromatic N) is 6. The average Bonchev–Trinajstić information content (AvgIpc) is 3.20. The van der Waals surface area contributed by atoms with E-state index in [0.29, 0.717) is 11.3 Å². The Bertz CT molecular complexity index is 1120. The van der Waals surface area contributed by atoms with Crippen molar-refractivity contribution < 1.29 is 18.7 Å². The highest BCUT2D eigenvalue weighted by Gasteiger charge is 2.50. The van der Waals surface area contributed by atoms with Crippen LogP contribution in [0.3, 0.4) is 0 Å². The van der Waals surface area contributed by atoms with Crippen LogP contribution in [-0.4, -0.2) is 43.4 Å². The third-order valence-corrected chi connectivity index (χ3v) is 5.16. The van der Waals surface area contributed by atoms with Gasteiger partial charge in [0.1, 0.15) is 18.1 Å². The van der Waals surface area contributed by atoms with Crippen LogP contribution in [0.25, 0.3) is 5.69 Å². The molecule has 1 aliphatic rings. The monoisotopic (exact) mass is 410 g/mol. The van der Waals surface area contributed by atoms with Crippen molar-refractivity contribution >= 4 is 12.0 Å². The molecule has 152 valence electrons. The maximum absolute atomic E-state index is 14.4. The fourth-order valence-electron chi connectivity index (χ4n) is 3.70. The van der Waals surface area contributed by atoms with E-state index >= 15 is 0 Å². The first-order chi connectivity index (χ1) is 14.4. The first-order valence-electron chi connectivity index (χ1n) is 9.08. The topological polar surface area (TPSA) is 108 Å². The molecule has 1 aliphatic carbocycles. The summed E-state index contributed by atoms with van der Waals surface area (Å²) < 4.78 is 29.8. The molecule has 0 radical (unpaired) electrons. The number of amides is 1. The Kier molecular flexibility index (Phi) is 4.87. The number of aromatic nitrogens is 4. The number of hydrogen-bond donors (Lipinski definition) is 1. The van der Waals surface area contributed by atoms with E-state index in [0.717, 1.165) is 4.90 Å². The molecule has 0 aromatic carbocycles. The van der Waals surface area contributed by atoms with Crippen molar-refractivity contribution in [1.82, 2.24) is 19.5 Å². The molecule has 10 heteroatoms. The summed E-state index contributed by atoms with van der Waals surface area (Å²) in [5.74, 6) is -0.719. The lowest BCUT2D eigenvalue weighted by molar-refractivity contribution is 0.0900. The van der Waals surface area contributed by atoms with E-state index in [1.54, 1.807) is 23.0 Å². The molecule has 3 aromatic heterocycles. The number of nitriles is 1. The van der Waals surface area contributed by atoms with Crippen molar-refractivity contribution in [2.45, 2.75) is 24.4 Å². The van der Waals surface area contributed by atoms with E-state index in [1.165, 1.54) is 30.7 Å². The Balaban J connectivity index is 1.63. The molecule has 1 N–H and O–H groups in total. The Morgan fingerprint density at radius 2 is 2.07 bits per heavy atom. The minimum atomic E-state index is -1.34. The highest BCUT2D eigenvalue weighted by atomic mass is 19.1. The van der Waals surface area contributed by atoms with E-state index in [4.69, 9.17) is 5.26 Å². The number of carboxylic acid groups (broad SMARTS) is 1. The second-order valence-corrected chi connectivity index (χ2v) is 7.15. The molecule has 0 unspecified atom stereocenters. The predicted molar refractivity (Wildman–Crippen MR) is 101 cm³/mol. The van der Waals surface area contributed by atoms with Crippen LogP contribution in [0.5, 0.6) is 0 Å². The number of pyridine rings is 1. The molecule has 0 saturated heterocycles. The second-order valence-electron chi connectivity index (χ2n) is 7.15. The van der Waals surface area contributed by atoms with Gasteiger partial charge in [-0.3, -0.25) is 4.98 Å². The van der Waals surface area contributed by atoms with Gasteiger partial charge in [0.25, 0.3) is 0 Å². The average molecular weight is 410 g/mol. The van der Waals surface area contributed by atoms with Gasteiger partial charge in [-0.15, -0.1) is 0 Å². The zero-order chi connectivity index (χ0) is 21.3. The van der Waals surface area contributed by atoms with Gasteiger partial charge < -0.3 is 9.67 Å². The molecular weight excluding hydrogens is 394 g/mol. The summed E-state index contributed by atoms with van der Waals surface area (Å²) in [6.07, 6.45) is 4.88. The van der Waals surface area contributed by atoms with Crippen LogP contribution in [-0.2, 0) is 5.41 Å². The molecule has 3 aromatic rings. The summed E-state index contributed by atoms with van der Waals surface area (Å²) in [4.78, 5) is 25.1. The van der Waals surface area contributed by atoms with E-state index < -0.39 is 23.5 Å². The maximum atomic E-state index is 14.4. The molecule has 4 rings (SSSR count). The highest BCUT2D eigenvalue weighted by molar-refractivity contribution is 5.83. The third kappa shape index (κ3) is 3.45. The lowest BCUT2D eigenvalue weighted by Gasteiger charge is -2.45. The first kappa shape index (κ1) is 19.4. The minimum Gasteiger partial charge on any atom is -0.465 e. The molecule has 0 spiro atoms.